The lowest BCUT2D eigenvalue weighted by molar-refractivity contribution is -0.177. The van der Waals surface area contributed by atoms with Gasteiger partial charge in [0.2, 0.25) is 0 Å². The normalized spacial score (nSPS) is 26.6. The highest BCUT2D eigenvalue weighted by Gasteiger charge is 2.41. The average Bonchev–Trinajstić information content (AvgIpc) is 2.85. The highest BCUT2D eigenvalue weighted by molar-refractivity contribution is 6.04. The predicted molar refractivity (Wildman–Crippen MR) is 50.1 cm³/mol. The summed E-state index contributed by atoms with van der Waals surface area (Å²) in [5.41, 5.74) is 0. The SMILES string of the molecule is O=C(OC1CC(=O)N(O)C1=O)C1CCCC1. The number of ether oxygens (including phenoxy) is 1. The number of nitrogens with zero attached hydrogens (tertiary/aromatic N) is 1. The minimum Gasteiger partial charge on any atom is -0.451 e. The average molecular weight is 227 g/mol. The number of imide groups is 1. The van der Waals surface area contributed by atoms with Gasteiger partial charge in [-0.25, -0.2) is 0 Å². The highest BCUT2D eigenvalue weighted by Crippen LogP contribution is 2.27. The second-order valence-corrected chi connectivity index (χ2v) is 4.15. The van der Waals surface area contributed by atoms with Crippen molar-refractivity contribution in [2.75, 3.05) is 0 Å². The lowest BCUT2D eigenvalue weighted by atomic mass is 10.1. The lowest BCUT2D eigenvalue weighted by Gasteiger charge is -2.13. The monoisotopic (exact) mass is 227 g/mol. The van der Waals surface area contributed by atoms with Crippen molar-refractivity contribution in [2.24, 2.45) is 5.92 Å². The summed E-state index contributed by atoms with van der Waals surface area (Å²) in [6, 6.07) is 0. The van der Waals surface area contributed by atoms with Crippen LogP contribution in [0.15, 0.2) is 0 Å². The molecule has 1 aliphatic heterocycles. The standard InChI is InChI=1S/C10H13NO5/c12-8-5-7(9(13)11(8)15)16-10(14)6-3-1-2-4-6/h6-7,15H,1-5H2. The van der Waals surface area contributed by atoms with Gasteiger partial charge in [-0.05, 0) is 12.8 Å². The molecule has 2 amide bonds. The summed E-state index contributed by atoms with van der Waals surface area (Å²) in [4.78, 5) is 33.8. The van der Waals surface area contributed by atoms with E-state index in [9.17, 15) is 14.4 Å². The van der Waals surface area contributed by atoms with Crippen LogP contribution in [0.4, 0.5) is 0 Å². The largest absolute Gasteiger partial charge is 0.451 e. The summed E-state index contributed by atoms with van der Waals surface area (Å²) >= 11 is 0. The molecule has 2 rings (SSSR count). The minimum atomic E-state index is -1.13. The van der Waals surface area contributed by atoms with Crippen molar-refractivity contribution in [3.8, 4) is 0 Å². The van der Waals surface area contributed by atoms with Crippen LogP contribution in [-0.2, 0) is 19.1 Å². The van der Waals surface area contributed by atoms with Crippen molar-refractivity contribution < 1.29 is 24.3 Å². The first-order valence-electron chi connectivity index (χ1n) is 5.36. The number of hydrogen-bond donors (Lipinski definition) is 1. The second kappa shape index (κ2) is 4.21. The van der Waals surface area contributed by atoms with Gasteiger partial charge in [-0.3, -0.25) is 19.6 Å². The number of hydroxylamine groups is 2. The molecule has 1 atom stereocenters. The van der Waals surface area contributed by atoms with E-state index in [1.165, 1.54) is 0 Å². The fraction of sp³-hybridized carbons (Fsp3) is 0.700. The molecule has 6 nitrogen and oxygen atoms in total. The number of hydrogen-bond acceptors (Lipinski definition) is 5. The summed E-state index contributed by atoms with van der Waals surface area (Å²) in [6.07, 6.45) is 2.14. The molecule has 16 heavy (non-hydrogen) atoms. The van der Waals surface area contributed by atoms with E-state index in [0.717, 1.165) is 25.7 Å². The Morgan fingerprint density at radius 1 is 1.31 bits per heavy atom. The van der Waals surface area contributed by atoms with Gasteiger partial charge in [0.25, 0.3) is 11.8 Å². The van der Waals surface area contributed by atoms with Gasteiger partial charge in [0.05, 0.1) is 12.3 Å². The zero-order chi connectivity index (χ0) is 11.7. The molecule has 1 aliphatic carbocycles. The maximum Gasteiger partial charge on any atom is 0.309 e. The predicted octanol–water partition coefficient (Wildman–Crippen LogP) is 0.236. The van der Waals surface area contributed by atoms with Gasteiger partial charge in [-0.15, -0.1) is 0 Å². The molecular weight excluding hydrogens is 214 g/mol. The van der Waals surface area contributed by atoms with Gasteiger partial charge in [0.15, 0.2) is 6.10 Å². The zero-order valence-electron chi connectivity index (χ0n) is 8.72. The molecule has 0 aromatic carbocycles. The number of amides is 2. The molecule has 1 N–H and O–H groups in total. The third-order valence-corrected chi connectivity index (χ3v) is 3.03. The summed E-state index contributed by atoms with van der Waals surface area (Å²) in [7, 11) is 0. The van der Waals surface area contributed by atoms with Crippen LogP contribution in [0.25, 0.3) is 0 Å². The van der Waals surface area contributed by atoms with Crippen LogP contribution >= 0.6 is 0 Å². The molecular formula is C10H13NO5. The Bertz CT molecular complexity index is 334. The van der Waals surface area contributed by atoms with Crippen LogP contribution in [-0.4, -0.2) is 34.2 Å². The van der Waals surface area contributed by atoms with E-state index in [2.05, 4.69) is 0 Å². The van der Waals surface area contributed by atoms with Crippen LogP contribution in [0.3, 0.4) is 0 Å². The maximum atomic E-state index is 11.6. The molecule has 1 saturated heterocycles. The Labute approximate surface area is 92.1 Å². The second-order valence-electron chi connectivity index (χ2n) is 4.15. The molecule has 0 aromatic rings. The Balaban J connectivity index is 1.92. The smallest absolute Gasteiger partial charge is 0.309 e. The van der Waals surface area contributed by atoms with Crippen molar-refractivity contribution in [2.45, 2.75) is 38.2 Å². The van der Waals surface area contributed by atoms with Crippen LogP contribution in [0.2, 0.25) is 0 Å². The van der Waals surface area contributed by atoms with Crippen molar-refractivity contribution in [1.29, 1.82) is 0 Å². The Morgan fingerprint density at radius 2 is 1.94 bits per heavy atom. The van der Waals surface area contributed by atoms with E-state index < -0.39 is 23.9 Å². The van der Waals surface area contributed by atoms with Gasteiger partial charge < -0.3 is 4.74 Å². The van der Waals surface area contributed by atoms with E-state index in [-0.39, 0.29) is 17.4 Å². The molecule has 0 bridgehead atoms. The van der Waals surface area contributed by atoms with Crippen LogP contribution in [0.5, 0.6) is 0 Å². The van der Waals surface area contributed by atoms with Crippen molar-refractivity contribution in [1.82, 2.24) is 5.06 Å². The van der Waals surface area contributed by atoms with Crippen molar-refractivity contribution in [3.63, 3.8) is 0 Å². The fourth-order valence-corrected chi connectivity index (χ4v) is 2.08. The molecule has 6 heteroatoms. The first-order chi connectivity index (χ1) is 7.59. The molecule has 2 aliphatic rings. The molecule has 1 heterocycles. The van der Waals surface area contributed by atoms with E-state index in [4.69, 9.17) is 9.94 Å². The third kappa shape index (κ3) is 1.92. The molecule has 1 saturated carbocycles. The number of esters is 1. The van der Waals surface area contributed by atoms with Gasteiger partial charge in [0, 0.05) is 0 Å². The Kier molecular flexibility index (Phi) is 2.91. The Morgan fingerprint density at radius 3 is 2.44 bits per heavy atom. The van der Waals surface area contributed by atoms with Gasteiger partial charge in [-0.2, -0.15) is 5.06 Å². The lowest BCUT2D eigenvalue weighted by Crippen LogP contribution is -2.32. The summed E-state index contributed by atoms with van der Waals surface area (Å²) in [5.74, 6) is -2.17. The van der Waals surface area contributed by atoms with Crippen LogP contribution in [0, 0.1) is 5.92 Å². The third-order valence-electron chi connectivity index (χ3n) is 3.03. The summed E-state index contributed by atoms with van der Waals surface area (Å²) < 4.78 is 4.94. The van der Waals surface area contributed by atoms with Crippen LogP contribution in [0.1, 0.15) is 32.1 Å². The minimum absolute atomic E-state index is 0.0204. The van der Waals surface area contributed by atoms with Crippen molar-refractivity contribution in [3.05, 3.63) is 0 Å². The first-order valence-corrected chi connectivity index (χ1v) is 5.36. The molecule has 88 valence electrons. The van der Waals surface area contributed by atoms with E-state index in [1.54, 1.807) is 0 Å². The number of carbonyl (C=O) groups is 3. The van der Waals surface area contributed by atoms with Crippen molar-refractivity contribution >= 4 is 17.8 Å². The Hall–Kier alpha value is -1.43. The van der Waals surface area contributed by atoms with Crippen LogP contribution < -0.4 is 0 Å². The first kappa shape index (κ1) is 11.1. The molecule has 0 aromatic heterocycles. The zero-order valence-corrected chi connectivity index (χ0v) is 8.72. The van der Waals surface area contributed by atoms with Gasteiger partial charge in [-0.1, -0.05) is 12.8 Å². The van der Waals surface area contributed by atoms with Gasteiger partial charge >= 0.3 is 5.97 Å². The molecule has 2 fully saturated rings. The topological polar surface area (TPSA) is 83.9 Å². The number of rotatable bonds is 2. The number of carbonyl (C=O) groups excluding carboxylic acids is 3. The van der Waals surface area contributed by atoms with E-state index in [0.29, 0.717) is 0 Å². The van der Waals surface area contributed by atoms with E-state index in [1.807, 2.05) is 0 Å². The molecule has 0 spiro atoms. The fourth-order valence-electron chi connectivity index (χ4n) is 2.08. The van der Waals surface area contributed by atoms with Gasteiger partial charge in [0.1, 0.15) is 0 Å². The summed E-state index contributed by atoms with van der Waals surface area (Å²) in [6.45, 7) is 0. The maximum absolute atomic E-state index is 11.6. The van der Waals surface area contributed by atoms with E-state index >= 15 is 0 Å². The quantitative estimate of drug-likeness (QED) is 0.415. The summed E-state index contributed by atoms with van der Waals surface area (Å²) in [5, 5.41) is 8.98. The highest BCUT2D eigenvalue weighted by atomic mass is 16.6. The molecule has 0 radical (unpaired) electrons. The molecule has 1 unspecified atom stereocenters.